The van der Waals surface area contributed by atoms with Crippen molar-refractivity contribution in [1.29, 1.82) is 0 Å². The lowest BCUT2D eigenvalue weighted by Crippen LogP contribution is -2.49. The molecule has 0 heterocycles. The molecular formula is C20H36. The molecule has 0 aromatic heterocycles. The van der Waals surface area contributed by atoms with Crippen LogP contribution in [-0.2, 0) is 0 Å². The van der Waals surface area contributed by atoms with E-state index >= 15 is 0 Å². The van der Waals surface area contributed by atoms with Gasteiger partial charge in [0.25, 0.3) is 0 Å². The van der Waals surface area contributed by atoms with E-state index < -0.39 is 0 Å². The summed E-state index contributed by atoms with van der Waals surface area (Å²) in [5.41, 5.74) is 2.75. The molecule has 2 aliphatic carbocycles. The van der Waals surface area contributed by atoms with Gasteiger partial charge in [-0.05, 0) is 67.6 Å². The Morgan fingerprint density at radius 2 is 2.00 bits per heavy atom. The van der Waals surface area contributed by atoms with Crippen molar-refractivity contribution in [2.75, 3.05) is 0 Å². The van der Waals surface area contributed by atoms with Crippen molar-refractivity contribution in [3.8, 4) is 0 Å². The first-order chi connectivity index (χ1) is 9.34. The summed E-state index contributed by atoms with van der Waals surface area (Å²) < 4.78 is 0. The van der Waals surface area contributed by atoms with Crippen LogP contribution in [-0.4, -0.2) is 0 Å². The summed E-state index contributed by atoms with van der Waals surface area (Å²) in [6, 6.07) is 0. The summed E-state index contributed by atoms with van der Waals surface area (Å²) in [5, 5.41) is 0. The molecule has 0 heteroatoms. The number of hydrogen-bond donors (Lipinski definition) is 0. The van der Waals surface area contributed by atoms with E-state index in [0.717, 1.165) is 17.8 Å². The average Bonchev–Trinajstić information content (AvgIpc) is 2.43. The third-order valence-corrected chi connectivity index (χ3v) is 7.47. The summed E-state index contributed by atoms with van der Waals surface area (Å²) in [6.45, 7) is 14.9. The predicted molar refractivity (Wildman–Crippen MR) is 89.8 cm³/mol. The molecule has 2 rings (SSSR count). The highest BCUT2D eigenvalue weighted by atomic mass is 14.6. The normalized spacial score (nSPS) is 42.8. The van der Waals surface area contributed by atoms with Gasteiger partial charge in [0.2, 0.25) is 0 Å². The molecule has 116 valence electrons. The Morgan fingerprint density at radius 3 is 2.65 bits per heavy atom. The maximum atomic E-state index is 2.63. The molecule has 0 bridgehead atoms. The van der Waals surface area contributed by atoms with Crippen molar-refractivity contribution < 1.29 is 0 Å². The summed E-state index contributed by atoms with van der Waals surface area (Å²) in [7, 11) is 0. The first-order valence-corrected chi connectivity index (χ1v) is 9.01. The molecule has 1 fully saturated rings. The van der Waals surface area contributed by atoms with E-state index in [2.05, 4.69) is 47.6 Å². The standard InChI is InChI=1S/C20H36/c1-7-15(2)11-13-19(5)17(4)12-14-20(6)16(3)9-8-10-18(19)20/h9,15,17-18H,7-8,10-14H2,1-6H3/t15-,17-,18+,19+,20+/m1/s1. The van der Waals surface area contributed by atoms with Crippen molar-refractivity contribution in [3.63, 3.8) is 0 Å². The Hall–Kier alpha value is -0.260. The molecule has 0 unspecified atom stereocenters. The zero-order valence-corrected chi connectivity index (χ0v) is 14.8. The molecule has 0 saturated heterocycles. The molecule has 0 aliphatic heterocycles. The Labute approximate surface area is 127 Å². The van der Waals surface area contributed by atoms with Crippen LogP contribution in [0.1, 0.15) is 86.5 Å². The largest absolute Gasteiger partial charge is 0.0850 e. The van der Waals surface area contributed by atoms with Gasteiger partial charge < -0.3 is 0 Å². The van der Waals surface area contributed by atoms with Crippen LogP contribution in [0.25, 0.3) is 0 Å². The number of fused-ring (bicyclic) bond motifs is 1. The predicted octanol–water partition coefficient (Wildman–Crippen LogP) is 6.61. The topological polar surface area (TPSA) is 0 Å². The minimum atomic E-state index is 0.495. The third-order valence-electron chi connectivity index (χ3n) is 7.47. The molecule has 0 spiro atoms. The summed E-state index contributed by atoms with van der Waals surface area (Å²) in [6.07, 6.45) is 12.3. The molecule has 0 amide bonds. The van der Waals surface area contributed by atoms with Crippen molar-refractivity contribution in [2.24, 2.45) is 28.6 Å². The molecule has 20 heavy (non-hydrogen) atoms. The molecule has 0 N–H and O–H groups in total. The summed E-state index contributed by atoms with van der Waals surface area (Å²) >= 11 is 0. The first-order valence-electron chi connectivity index (χ1n) is 9.01. The first kappa shape index (κ1) is 16.1. The van der Waals surface area contributed by atoms with Gasteiger partial charge in [0.15, 0.2) is 0 Å². The Bertz CT molecular complexity index is 366. The molecule has 0 nitrogen and oxygen atoms in total. The number of allylic oxidation sites excluding steroid dienone is 2. The van der Waals surface area contributed by atoms with Crippen LogP contribution in [0.2, 0.25) is 0 Å². The fourth-order valence-electron chi connectivity index (χ4n) is 5.09. The van der Waals surface area contributed by atoms with Crippen molar-refractivity contribution >= 4 is 0 Å². The fourth-order valence-corrected chi connectivity index (χ4v) is 5.09. The van der Waals surface area contributed by atoms with E-state index in [1.54, 1.807) is 5.57 Å². The van der Waals surface area contributed by atoms with Crippen LogP contribution in [0.3, 0.4) is 0 Å². The van der Waals surface area contributed by atoms with Crippen LogP contribution in [0.15, 0.2) is 11.6 Å². The molecule has 2 aliphatic rings. The average molecular weight is 277 g/mol. The lowest BCUT2D eigenvalue weighted by molar-refractivity contribution is -0.0501. The van der Waals surface area contributed by atoms with Gasteiger partial charge in [-0.1, -0.05) is 59.1 Å². The Kier molecular flexibility index (Phi) is 4.72. The monoisotopic (exact) mass is 276 g/mol. The number of rotatable bonds is 4. The van der Waals surface area contributed by atoms with E-state index in [-0.39, 0.29) is 0 Å². The van der Waals surface area contributed by atoms with Crippen molar-refractivity contribution in [1.82, 2.24) is 0 Å². The minimum absolute atomic E-state index is 0.495. The minimum Gasteiger partial charge on any atom is -0.0850 e. The van der Waals surface area contributed by atoms with Crippen LogP contribution in [0, 0.1) is 28.6 Å². The van der Waals surface area contributed by atoms with E-state index in [1.165, 1.54) is 44.9 Å². The highest BCUT2D eigenvalue weighted by Crippen LogP contribution is 2.61. The van der Waals surface area contributed by atoms with Crippen LogP contribution < -0.4 is 0 Å². The zero-order valence-electron chi connectivity index (χ0n) is 14.8. The Morgan fingerprint density at radius 1 is 1.30 bits per heavy atom. The zero-order chi connectivity index (χ0) is 15.0. The van der Waals surface area contributed by atoms with Gasteiger partial charge in [0.1, 0.15) is 0 Å². The Balaban J connectivity index is 2.23. The van der Waals surface area contributed by atoms with E-state index in [0.29, 0.717) is 10.8 Å². The van der Waals surface area contributed by atoms with Crippen molar-refractivity contribution in [3.05, 3.63) is 11.6 Å². The lowest BCUT2D eigenvalue weighted by Gasteiger charge is -2.58. The lowest BCUT2D eigenvalue weighted by atomic mass is 9.47. The van der Waals surface area contributed by atoms with Gasteiger partial charge in [0, 0.05) is 0 Å². The summed E-state index contributed by atoms with van der Waals surface area (Å²) in [5.74, 6) is 2.70. The quantitative estimate of drug-likeness (QED) is 0.507. The van der Waals surface area contributed by atoms with Gasteiger partial charge in [-0.3, -0.25) is 0 Å². The van der Waals surface area contributed by atoms with Crippen LogP contribution in [0.4, 0.5) is 0 Å². The molecular weight excluding hydrogens is 240 g/mol. The SMILES string of the molecule is CC[C@@H](C)CC[C@@]1(C)[C@H](C)CC[C@@]2(C)C(C)=CCC[C@@H]12. The molecule has 0 aromatic rings. The second kappa shape index (κ2) is 5.85. The highest BCUT2D eigenvalue weighted by molar-refractivity contribution is 5.20. The van der Waals surface area contributed by atoms with Crippen LogP contribution in [0.5, 0.6) is 0 Å². The fraction of sp³-hybridized carbons (Fsp3) is 0.900. The van der Waals surface area contributed by atoms with Gasteiger partial charge in [-0.2, -0.15) is 0 Å². The van der Waals surface area contributed by atoms with E-state index in [9.17, 15) is 0 Å². The van der Waals surface area contributed by atoms with Crippen molar-refractivity contribution in [2.45, 2.75) is 86.5 Å². The summed E-state index contributed by atoms with van der Waals surface area (Å²) in [4.78, 5) is 0. The maximum Gasteiger partial charge on any atom is -0.00854 e. The van der Waals surface area contributed by atoms with Gasteiger partial charge in [-0.15, -0.1) is 0 Å². The van der Waals surface area contributed by atoms with Gasteiger partial charge >= 0.3 is 0 Å². The van der Waals surface area contributed by atoms with E-state index in [1.807, 2.05) is 0 Å². The van der Waals surface area contributed by atoms with Crippen LogP contribution >= 0.6 is 0 Å². The maximum absolute atomic E-state index is 2.63. The third kappa shape index (κ3) is 2.60. The van der Waals surface area contributed by atoms with Gasteiger partial charge in [-0.25, -0.2) is 0 Å². The smallest absolute Gasteiger partial charge is 0.00854 e. The molecule has 0 radical (unpaired) electrons. The molecule has 0 aromatic carbocycles. The molecule has 5 atom stereocenters. The van der Waals surface area contributed by atoms with E-state index in [4.69, 9.17) is 0 Å². The highest BCUT2D eigenvalue weighted by Gasteiger charge is 2.52. The van der Waals surface area contributed by atoms with Gasteiger partial charge in [0.05, 0.1) is 0 Å². The second-order valence-electron chi connectivity index (χ2n) is 8.43. The number of hydrogen-bond acceptors (Lipinski definition) is 0. The molecule has 1 saturated carbocycles. The second-order valence-corrected chi connectivity index (χ2v) is 8.43.